The topological polar surface area (TPSA) is 38.8 Å². The van der Waals surface area contributed by atoms with Gasteiger partial charge in [0.2, 0.25) is 0 Å². The number of rotatable bonds is 1. The quantitative estimate of drug-likeness (QED) is 0.495. The van der Waals surface area contributed by atoms with Gasteiger partial charge in [-0.3, -0.25) is 0 Å². The molecule has 3 heteroatoms. The molecule has 1 aliphatic carbocycles. The van der Waals surface area contributed by atoms with E-state index in [9.17, 15) is 4.79 Å². The van der Waals surface area contributed by atoms with Gasteiger partial charge in [0.05, 0.1) is 13.2 Å². The van der Waals surface area contributed by atoms with E-state index in [1.807, 2.05) is 0 Å². The molecule has 0 bridgehead atoms. The molecule has 0 aromatic heterocycles. The van der Waals surface area contributed by atoms with Crippen LogP contribution in [0.15, 0.2) is 0 Å². The minimum Gasteiger partial charge on any atom is -0.467 e. The number of methoxy groups -OCH3 is 1. The Labute approximate surface area is 91.1 Å². The van der Waals surface area contributed by atoms with Gasteiger partial charge in [-0.25, -0.2) is 4.79 Å². The molecule has 86 valence electrons. The van der Waals surface area contributed by atoms with Crippen molar-refractivity contribution >= 4 is 5.97 Å². The highest BCUT2D eigenvalue weighted by molar-refractivity contribution is 5.83. The predicted molar refractivity (Wildman–Crippen MR) is 56.6 cm³/mol. The van der Waals surface area contributed by atoms with Crippen LogP contribution in [0.2, 0.25) is 0 Å². The average Bonchev–Trinajstić information content (AvgIpc) is 2.97. The van der Waals surface area contributed by atoms with Crippen molar-refractivity contribution in [2.24, 2.45) is 0 Å². The highest BCUT2D eigenvalue weighted by Crippen LogP contribution is 2.45. The summed E-state index contributed by atoms with van der Waals surface area (Å²) in [7, 11) is 1.45. The van der Waals surface area contributed by atoms with Crippen LogP contribution >= 0.6 is 0 Å². The van der Waals surface area contributed by atoms with E-state index >= 15 is 0 Å². The van der Waals surface area contributed by atoms with Crippen molar-refractivity contribution < 1.29 is 14.3 Å². The molecule has 3 nitrogen and oxygen atoms in total. The number of carbonyl (C=O) groups excluding carboxylic acids is 1. The van der Waals surface area contributed by atoms with Gasteiger partial charge in [-0.2, -0.15) is 0 Å². The second-order valence-electron chi connectivity index (χ2n) is 4.65. The summed E-state index contributed by atoms with van der Waals surface area (Å²) < 4.78 is 10.5. The van der Waals surface area contributed by atoms with E-state index in [2.05, 4.69) is 0 Å². The average molecular weight is 212 g/mol. The van der Waals surface area contributed by atoms with E-state index in [-0.39, 0.29) is 12.1 Å². The van der Waals surface area contributed by atoms with Gasteiger partial charge in [-0.05, 0) is 19.3 Å². The maximum atomic E-state index is 11.6. The molecule has 0 amide bonds. The van der Waals surface area contributed by atoms with Gasteiger partial charge in [0.1, 0.15) is 0 Å². The van der Waals surface area contributed by atoms with Gasteiger partial charge in [0, 0.05) is 0 Å². The first-order valence-corrected chi connectivity index (χ1v) is 6.06. The third-order valence-corrected chi connectivity index (χ3v) is 3.61. The number of ether oxygens (including phenoxy) is 2. The van der Waals surface area contributed by atoms with Crippen LogP contribution in [0.1, 0.15) is 51.4 Å². The standard InChI is InChI=1S/C12H20O3/c1-14-11(13)12-9-7-5-3-2-4-6-8-10(12)15-12/h10H,2-9H2,1H3. The number of epoxide rings is 1. The van der Waals surface area contributed by atoms with Gasteiger partial charge < -0.3 is 9.47 Å². The Balaban J connectivity index is 1.96. The Bertz CT molecular complexity index is 239. The highest BCUT2D eigenvalue weighted by atomic mass is 16.7. The maximum absolute atomic E-state index is 11.6. The van der Waals surface area contributed by atoms with Crippen molar-refractivity contribution in [2.75, 3.05) is 7.11 Å². The summed E-state index contributed by atoms with van der Waals surface area (Å²) in [6, 6.07) is 0. The van der Waals surface area contributed by atoms with Gasteiger partial charge >= 0.3 is 5.97 Å². The van der Waals surface area contributed by atoms with Gasteiger partial charge in [0.15, 0.2) is 5.60 Å². The van der Waals surface area contributed by atoms with E-state index in [1.165, 1.54) is 39.2 Å². The minimum atomic E-state index is -0.550. The van der Waals surface area contributed by atoms with Gasteiger partial charge in [0.25, 0.3) is 0 Å². The van der Waals surface area contributed by atoms with Crippen LogP contribution in [-0.4, -0.2) is 24.8 Å². The molecule has 0 radical (unpaired) electrons. The van der Waals surface area contributed by atoms with Crippen LogP contribution in [0.4, 0.5) is 0 Å². The van der Waals surface area contributed by atoms with E-state index in [1.54, 1.807) is 0 Å². The zero-order chi connectivity index (χ0) is 10.7. The Hall–Kier alpha value is -0.570. The molecule has 2 rings (SSSR count). The first-order valence-electron chi connectivity index (χ1n) is 6.06. The number of hydrogen-bond acceptors (Lipinski definition) is 3. The zero-order valence-corrected chi connectivity index (χ0v) is 9.46. The molecular weight excluding hydrogens is 192 g/mol. The summed E-state index contributed by atoms with van der Waals surface area (Å²) in [5, 5.41) is 0. The van der Waals surface area contributed by atoms with Crippen molar-refractivity contribution in [2.45, 2.75) is 63.1 Å². The number of esters is 1. The molecule has 0 aromatic carbocycles. The summed E-state index contributed by atoms with van der Waals surface area (Å²) in [6.07, 6.45) is 9.41. The lowest BCUT2D eigenvalue weighted by Gasteiger charge is -2.12. The monoisotopic (exact) mass is 212 g/mol. The predicted octanol–water partition coefficient (Wildman–Crippen LogP) is 2.43. The lowest BCUT2D eigenvalue weighted by atomic mass is 9.92. The Morgan fingerprint density at radius 3 is 2.60 bits per heavy atom. The fraction of sp³-hybridized carbons (Fsp3) is 0.917. The molecule has 2 unspecified atom stereocenters. The molecule has 1 heterocycles. The SMILES string of the molecule is COC(=O)C12CCCCCCCCC1O2. The van der Waals surface area contributed by atoms with E-state index < -0.39 is 5.60 Å². The van der Waals surface area contributed by atoms with Crippen LogP contribution in [0, 0.1) is 0 Å². The summed E-state index contributed by atoms with van der Waals surface area (Å²) in [5.41, 5.74) is -0.550. The van der Waals surface area contributed by atoms with E-state index in [4.69, 9.17) is 9.47 Å². The first-order chi connectivity index (χ1) is 7.29. The molecular formula is C12H20O3. The highest BCUT2D eigenvalue weighted by Gasteiger charge is 2.62. The fourth-order valence-corrected chi connectivity index (χ4v) is 2.61. The Morgan fingerprint density at radius 2 is 1.87 bits per heavy atom. The van der Waals surface area contributed by atoms with Crippen LogP contribution in [0.25, 0.3) is 0 Å². The Morgan fingerprint density at radius 1 is 1.20 bits per heavy atom. The molecule has 15 heavy (non-hydrogen) atoms. The molecule has 0 aromatic rings. The van der Waals surface area contributed by atoms with Crippen molar-refractivity contribution in [3.63, 3.8) is 0 Å². The summed E-state index contributed by atoms with van der Waals surface area (Å²) in [5.74, 6) is -0.159. The molecule has 1 aliphatic heterocycles. The van der Waals surface area contributed by atoms with Crippen LogP contribution in [0.3, 0.4) is 0 Å². The maximum Gasteiger partial charge on any atom is 0.340 e. The molecule has 2 atom stereocenters. The third-order valence-electron chi connectivity index (χ3n) is 3.61. The van der Waals surface area contributed by atoms with Crippen LogP contribution in [0.5, 0.6) is 0 Å². The van der Waals surface area contributed by atoms with E-state index in [0.717, 1.165) is 19.3 Å². The second-order valence-corrected chi connectivity index (χ2v) is 4.65. The Kier molecular flexibility index (Phi) is 3.29. The smallest absolute Gasteiger partial charge is 0.340 e. The van der Waals surface area contributed by atoms with Crippen LogP contribution in [-0.2, 0) is 14.3 Å². The molecule has 1 saturated carbocycles. The number of carbonyl (C=O) groups is 1. The number of hydrogen-bond donors (Lipinski definition) is 0. The lowest BCUT2D eigenvalue weighted by molar-refractivity contribution is -0.147. The van der Waals surface area contributed by atoms with Gasteiger partial charge in [-0.15, -0.1) is 0 Å². The first kappa shape index (κ1) is 10.9. The summed E-state index contributed by atoms with van der Waals surface area (Å²) in [4.78, 5) is 11.6. The molecule has 0 N–H and O–H groups in total. The summed E-state index contributed by atoms with van der Waals surface area (Å²) >= 11 is 0. The van der Waals surface area contributed by atoms with Crippen molar-refractivity contribution in [1.29, 1.82) is 0 Å². The van der Waals surface area contributed by atoms with Crippen LogP contribution < -0.4 is 0 Å². The lowest BCUT2D eigenvalue weighted by Crippen LogP contribution is -2.29. The minimum absolute atomic E-state index is 0.142. The molecule has 2 fully saturated rings. The van der Waals surface area contributed by atoms with Crippen molar-refractivity contribution in [3.05, 3.63) is 0 Å². The third kappa shape index (κ3) is 2.17. The van der Waals surface area contributed by atoms with Crippen molar-refractivity contribution in [3.8, 4) is 0 Å². The second kappa shape index (κ2) is 4.52. The van der Waals surface area contributed by atoms with Crippen molar-refractivity contribution in [1.82, 2.24) is 0 Å². The van der Waals surface area contributed by atoms with E-state index in [0.29, 0.717) is 0 Å². The number of fused-ring (bicyclic) bond motifs is 1. The normalized spacial score (nSPS) is 36.5. The zero-order valence-electron chi connectivity index (χ0n) is 9.46. The van der Waals surface area contributed by atoms with Gasteiger partial charge in [-0.1, -0.05) is 32.1 Å². The fourth-order valence-electron chi connectivity index (χ4n) is 2.61. The summed E-state index contributed by atoms with van der Waals surface area (Å²) in [6.45, 7) is 0. The molecule has 0 spiro atoms. The largest absolute Gasteiger partial charge is 0.467 e. The molecule has 2 aliphatic rings. The molecule has 1 saturated heterocycles.